The number of aromatic hydroxyl groups is 2. The summed E-state index contributed by atoms with van der Waals surface area (Å²) < 4.78 is 0. The van der Waals surface area contributed by atoms with Crippen LogP contribution in [0.4, 0.5) is 0 Å². The van der Waals surface area contributed by atoms with Crippen LogP contribution in [0.3, 0.4) is 0 Å². The minimum Gasteiger partial charge on any atom is -0.508 e. The maximum Gasteiger partial charge on any atom is 0.128 e. The molecule has 0 aliphatic heterocycles. The molecule has 1 rings (SSSR count). The van der Waals surface area contributed by atoms with Crippen LogP contribution in [0.2, 0.25) is 0 Å². The molecule has 0 aromatic heterocycles. The second kappa shape index (κ2) is 4.74. The Kier molecular flexibility index (Phi) is 3.84. The molecule has 0 fully saturated rings. The zero-order valence-electron chi connectivity index (χ0n) is 8.25. The van der Waals surface area contributed by atoms with E-state index >= 15 is 0 Å². The Balaban J connectivity index is 3.10. The summed E-state index contributed by atoms with van der Waals surface area (Å²) >= 11 is 3.84. The van der Waals surface area contributed by atoms with Crippen molar-refractivity contribution in [3.05, 3.63) is 23.3 Å². The molecule has 0 heterocycles. The highest BCUT2D eigenvalue weighted by atomic mass is 32.1. The molecule has 15 heavy (non-hydrogen) atoms. The Bertz CT molecular complexity index is 354. The topological polar surface area (TPSA) is 80.9 Å². The highest BCUT2D eigenvalue weighted by Gasteiger charge is 2.21. The summed E-state index contributed by atoms with van der Waals surface area (Å²) in [6.07, 6.45) is -2.26. The average molecular weight is 230 g/mol. The van der Waals surface area contributed by atoms with E-state index in [4.69, 9.17) is 0 Å². The van der Waals surface area contributed by atoms with Crippen LogP contribution in [-0.2, 0) is 0 Å². The molecule has 0 saturated heterocycles. The summed E-state index contributed by atoms with van der Waals surface area (Å²) in [5.41, 5.74) is 0.463. The highest BCUT2D eigenvalue weighted by molar-refractivity contribution is 7.80. The second-order valence-electron chi connectivity index (χ2n) is 3.34. The summed E-state index contributed by atoms with van der Waals surface area (Å²) in [6, 6.07) is 2.73. The van der Waals surface area contributed by atoms with Gasteiger partial charge in [-0.05, 0) is 19.1 Å². The zero-order valence-corrected chi connectivity index (χ0v) is 9.15. The van der Waals surface area contributed by atoms with Crippen molar-refractivity contribution < 1.29 is 20.4 Å². The van der Waals surface area contributed by atoms with Crippen LogP contribution in [0, 0.1) is 6.92 Å². The Morgan fingerprint density at radius 1 is 1.27 bits per heavy atom. The lowest BCUT2D eigenvalue weighted by atomic mass is 10.0. The lowest BCUT2D eigenvalue weighted by Gasteiger charge is -2.18. The number of rotatable bonds is 3. The van der Waals surface area contributed by atoms with Crippen LogP contribution >= 0.6 is 12.6 Å². The Labute approximate surface area is 93.2 Å². The van der Waals surface area contributed by atoms with E-state index < -0.39 is 12.2 Å². The number of hydrogen-bond donors (Lipinski definition) is 5. The third-order valence-electron chi connectivity index (χ3n) is 2.30. The molecule has 4 nitrogen and oxygen atoms in total. The van der Waals surface area contributed by atoms with E-state index in [2.05, 4.69) is 12.6 Å². The maximum absolute atomic E-state index is 9.64. The van der Waals surface area contributed by atoms with E-state index in [0.717, 1.165) is 0 Å². The van der Waals surface area contributed by atoms with Gasteiger partial charge in [0.25, 0.3) is 0 Å². The number of aliphatic hydroxyl groups excluding tert-OH is 2. The van der Waals surface area contributed by atoms with Gasteiger partial charge in [0.15, 0.2) is 0 Å². The first kappa shape index (κ1) is 12.2. The summed E-state index contributed by atoms with van der Waals surface area (Å²) in [6.45, 7) is 1.52. The van der Waals surface area contributed by atoms with Crippen molar-refractivity contribution in [3.63, 3.8) is 0 Å². The zero-order chi connectivity index (χ0) is 11.6. The summed E-state index contributed by atoms with van der Waals surface area (Å²) in [4.78, 5) is 0. The summed E-state index contributed by atoms with van der Waals surface area (Å²) in [7, 11) is 0. The number of phenols is 2. The van der Waals surface area contributed by atoms with E-state index in [0.29, 0.717) is 0 Å². The van der Waals surface area contributed by atoms with Gasteiger partial charge in [-0.15, -0.1) is 0 Å². The van der Waals surface area contributed by atoms with Crippen molar-refractivity contribution in [1.29, 1.82) is 0 Å². The minimum absolute atomic E-state index is 0.0520. The monoisotopic (exact) mass is 230 g/mol. The van der Waals surface area contributed by atoms with E-state index in [1.165, 1.54) is 19.1 Å². The van der Waals surface area contributed by atoms with Crippen molar-refractivity contribution >= 4 is 12.6 Å². The minimum atomic E-state index is -1.21. The maximum atomic E-state index is 9.64. The first-order valence-electron chi connectivity index (χ1n) is 4.47. The first-order chi connectivity index (χ1) is 6.99. The Morgan fingerprint density at radius 2 is 1.87 bits per heavy atom. The van der Waals surface area contributed by atoms with Gasteiger partial charge < -0.3 is 20.4 Å². The largest absolute Gasteiger partial charge is 0.508 e. The van der Waals surface area contributed by atoms with Crippen LogP contribution < -0.4 is 0 Å². The smallest absolute Gasteiger partial charge is 0.128 e. The predicted octanol–water partition coefficient (Wildman–Crippen LogP) is 0.730. The molecule has 2 atom stereocenters. The molecule has 1 aromatic carbocycles. The number of hydrogen-bond acceptors (Lipinski definition) is 5. The van der Waals surface area contributed by atoms with Gasteiger partial charge >= 0.3 is 0 Å². The van der Waals surface area contributed by atoms with Crippen molar-refractivity contribution in [2.45, 2.75) is 19.1 Å². The quantitative estimate of drug-likeness (QED) is 0.496. The fourth-order valence-electron chi connectivity index (χ4n) is 1.26. The summed E-state index contributed by atoms with van der Waals surface area (Å²) in [5.74, 6) is -0.173. The van der Waals surface area contributed by atoms with E-state index in [9.17, 15) is 20.4 Å². The van der Waals surface area contributed by atoms with E-state index in [-0.39, 0.29) is 28.4 Å². The lowest BCUT2D eigenvalue weighted by Crippen LogP contribution is -2.19. The third-order valence-corrected chi connectivity index (χ3v) is 2.68. The molecular formula is C10H14O4S. The van der Waals surface area contributed by atoms with E-state index in [1.807, 2.05) is 0 Å². The Morgan fingerprint density at radius 3 is 2.40 bits per heavy atom. The van der Waals surface area contributed by atoms with Crippen molar-refractivity contribution in [1.82, 2.24) is 0 Å². The number of benzene rings is 1. The molecule has 1 aromatic rings. The number of thiol groups is 1. The van der Waals surface area contributed by atoms with Gasteiger partial charge in [-0.3, -0.25) is 0 Å². The van der Waals surface area contributed by atoms with Crippen LogP contribution in [0.15, 0.2) is 12.1 Å². The van der Waals surface area contributed by atoms with Crippen molar-refractivity contribution in [2.75, 3.05) is 5.75 Å². The van der Waals surface area contributed by atoms with Crippen LogP contribution in [0.1, 0.15) is 17.2 Å². The molecule has 0 aliphatic carbocycles. The fourth-order valence-corrected chi connectivity index (χ4v) is 1.46. The number of phenolic OH excluding ortho intramolecular Hbond substituents is 2. The predicted molar refractivity (Wildman–Crippen MR) is 59.3 cm³/mol. The molecule has 0 amide bonds. The molecule has 0 aliphatic rings. The van der Waals surface area contributed by atoms with Gasteiger partial charge in [0, 0.05) is 16.9 Å². The number of aliphatic hydroxyl groups is 2. The molecule has 84 valence electrons. The summed E-state index contributed by atoms with van der Waals surface area (Å²) in [5, 5.41) is 37.9. The third kappa shape index (κ3) is 2.37. The Hall–Kier alpha value is -0.910. The first-order valence-corrected chi connectivity index (χ1v) is 5.10. The molecule has 0 bridgehead atoms. The van der Waals surface area contributed by atoms with Gasteiger partial charge in [-0.25, -0.2) is 0 Å². The van der Waals surface area contributed by atoms with Gasteiger partial charge in [0.2, 0.25) is 0 Å². The molecule has 2 unspecified atom stereocenters. The average Bonchev–Trinajstić information content (AvgIpc) is 2.24. The molecule has 4 N–H and O–H groups in total. The molecule has 0 spiro atoms. The van der Waals surface area contributed by atoms with E-state index in [1.54, 1.807) is 0 Å². The molecular weight excluding hydrogens is 216 g/mol. The standard InChI is InChI=1S/C10H14O4S/c1-5-7(11)3-2-6(9(5)13)10(14)8(12)4-15/h2-3,8,10-15H,4H2,1H3. The SMILES string of the molecule is Cc1c(O)ccc(C(O)C(O)CS)c1O. The van der Waals surface area contributed by atoms with Crippen LogP contribution in [0.25, 0.3) is 0 Å². The normalized spacial score (nSPS) is 14.9. The highest BCUT2D eigenvalue weighted by Crippen LogP contribution is 2.34. The molecule has 5 heteroatoms. The lowest BCUT2D eigenvalue weighted by molar-refractivity contribution is 0.0322. The van der Waals surface area contributed by atoms with Crippen molar-refractivity contribution in [2.24, 2.45) is 0 Å². The van der Waals surface area contributed by atoms with Gasteiger partial charge in [0.1, 0.15) is 17.6 Å². The van der Waals surface area contributed by atoms with Gasteiger partial charge in [-0.1, -0.05) is 0 Å². The molecule has 0 radical (unpaired) electrons. The second-order valence-corrected chi connectivity index (χ2v) is 3.71. The fraction of sp³-hybridized carbons (Fsp3) is 0.400. The van der Waals surface area contributed by atoms with Crippen LogP contribution in [0.5, 0.6) is 11.5 Å². The van der Waals surface area contributed by atoms with Crippen molar-refractivity contribution in [3.8, 4) is 11.5 Å². The van der Waals surface area contributed by atoms with Gasteiger partial charge in [0.05, 0.1) is 6.10 Å². The molecule has 0 saturated carbocycles. The van der Waals surface area contributed by atoms with Crippen LogP contribution in [-0.4, -0.2) is 32.3 Å². The van der Waals surface area contributed by atoms with Gasteiger partial charge in [-0.2, -0.15) is 12.6 Å².